The minimum atomic E-state index is 1.16. The minimum Gasteiger partial charge on any atom is -0.281 e. The molecule has 0 aliphatic heterocycles. The van der Waals surface area contributed by atoms with Crippen molar-refractivity contribution in [3.05, 3.63) is 21.7 Å². The molecule has 1 rings (SSSR count). The summed E-state index contributed by atoms with van der Waals surface area (Å²) >= 11 is 2.36. The largest absolute Gasteiger partial charge is 0.281 e. The summed E-state index contributed by atoms with van der Waals surface area (Å²) in [5.41, 5.74) is 1.43. The molecule has 0 aromatic rings. The second-order valence-corrected chi connectivity index (χ2v) is 3.03. The van der Waals surface area contributed by atoms with E-state index in [-0.39, 0.29) is 0 Å². The Morgan fingerprint density at radius 1 is 1.15 bits per heavy atom. The predicted molar refractivity (Wildman–Crippen MR) is 43.5 cm³/mol. The van der Waals surface area contributed by atoms with Crippen molar-refractivity contribution >= 4 is 20.4 Å². The van der Waals surface area contributed by atoms with Crippen LogP contribution in [0.3, 0.4) is 0 Å². The van der Waals surface area contributed by atoms with Gasteiger partial charge in [0, 0.05) is 0 Å². The van der Waals surface area contributed by atoms with Gasteiger partial charge < -0.3 is 0 Å². The van der Waals surface area contributed by atoms with E-state index >= 15 is 0 Å². The summed E-state index contributed by atoms with van der Waals surface area (Å²) in [7, 11) is 0. The van der Waals surface area contributed by atoms with Gasteiger partial charge in [0.25, 0.3) is 20.4 Å². The predicted octanol–water partition coefficient (Wildman–Crippen LogP) is 0.576. The molecular formula is C9H7O3Pt. The minimum absolute atomic E-state index is 1.16. The molecule has 0 amide bonds. The average Bonchev–Trinajstić information content (AvgIpc) is 2.61. The van der Waals surface area contributed by atoms with E-state index in [0.717, 1.165) is 6.42 Å². The molecule has 13 heavy (non-hydrogen) atoms. The standard InChI is InChI=1S/C6H7.3CO.Pt/c1-6-4-2-3-5-6;3*1-2;/h2,4H,3H2,1H3;;;;. The number of hydrogen-bond donors (Lipinski definition) is 0. The Hall–Kier alpha value is -0.822. The summed E-state index contributed by atoms with van der Waals surface area (Å²) in [6.07, 6.45) is 5.52. The Labute approximate surface area is 89.8 Å². The molecule has 0 spiro atoms. The molecule has 0 saturated carbocycles. The van der Waals surface area contributed by atoms with Crippen molar-refractivity contribution in [2.45, 2.75) is 13.3 Å². The molecule has 1 aliphatic rings. The van der Waals surface area contributed by atoms with Crippen molar-refractivity contribution in [3.8, 4) is 0 Å². The molecule has 0 aromatic carbocycles. The van der Waals surface area contributed by atoms with Crippen molar-refractivity contribution in [2.24, 2.45) is 0 Å². The summed E-state index contributed by atoms with van der Waals surface area (Å²) in [6, 6.07) is 0. The zero-order valence-electron chi connectivity index (χ0n) is 6.90. The Bertz CT molecular complexity index is 171. The van der Waals surface area contributed by atoms with Crippen molar-refractivity contribution < 1.29 is 34.2 Å². The summed E-state index contributed by atoms with van der Waals surface area (Å²) in [6.45, 7) is 15.6. The molecule has 71 valence electrons. The molecule has 3 nitrogen and oxygen atoms in total. The quantitative estimate of drug-likeness (QED) is 0.637. The molecule has 0 unspecified atom stereocenters. The van der Waals surface area contributed by atoms with Crippen LogP contribution in [-0.2, 0) is 34.2 Å². The van der Waals surface area contributed by atoms with Crippen LogP contribution < -0.4 is 0 Å². The van der Waals surface area contributed by atoms with Crippen LogP contribution in [-0.4, -0.2) is 20.4 Å². The van der Waals surface area contributed by atoms with Crippen LogP contribution in [0.4, 0.5) is 0 Å². The molecular weight excluding hydrogens is 351 g/mol. The SMILES string of the molecule is CC1=[C]([Pt])CC=C1.[C]=O.[C]=O.[C]=O. The van der Waals surface area contributed by atoms with Gasteiger partial charge in [0.2, 0.25) is 0 Å². The summed E-state index contributed by atoms with van der Waals surface area (Å²) in [4.78, 5) is 22.5. The van der Waals surface area contributed by atoms with Gasteiger partial charge in [-0.15, -0.1) is 0 Å². The van der Waals surface area contributed by atoms with E-state index in [1.807, 2.05) is 0 Å². The van der Waals surface area contributed by atoms with Gasteiger partial charge in [0.15, 0.2) is 0 Å². The molecule has 4 heteroatoms. The van der Waals surface area contributed by atoms with E-state index < -0.39 is 0 Å². The molecule has 6 radical (unpaired) electrons. The number of rotatable bonds is 0. The van der Waals surface area contributed by atoms with E-state index in [1.165, 1.54) is 9.54 Å². The van der Waals surface area contributed by atoms with E-state index in [0.29, 0.717) is 0 Å². The molecule has 0 N–H and O–H groups in total. The molecule has 1 aliphatic carbocycles. The monoisotopic (exact) mass is 358 g/mol. The van der Waals surface area contributed by atoms with Crippen LogP contribution in [0, 0.1) is 0 Å². The van der Waals surface area contributed by atoms with Crippen LogP contribution in [0.1, 0.15) is 13.3 Å². The first-order chi connectivity index (χ1) is 6.30. The topological polar surface area (TPSA) is 51.2 Å². The van der Waals surface area contributed by atoms with Crippen molar-refractivity contribution in [1.82, 2.24) is 0 Å². The van der Waals surface area contributed by atoms with Crippen LogP contribution in [0.2, 0.25) is 0 Å². The fourth-order valence-electron chi connectivity index (χ4n) is 0.578. The Balaban J connectivity index is -0.000000144. The van der Waals surface area contributed by atoms with E-state index in [1.54, 1.807) is 0 Å². The van der Waals surface area contributed by atoms with Gasteiger partial charge >= 0.3 is 54.8 Å². The maximum atomic E-state index is 7.50. The van der Waals surface area contributed by atoms with Crippen molar-refractivity contribution in [1.29, 1.82) is 0 Å². The summed E-state index contributed by atoms with van der Waals surface area (Å²) < 4.78 is 1.49. The fourth-order valence-corrected chi connectivity index (χ4v) is 1.04. The molecule has 0 saturated heterocycles. The van der Waals surface area contributed by atoms with Gasteiger partial charge in [-0.1, -0.05) is 0 Å². The smallest absolute Gasteiger partial charge is 0.281 e. The second kappa shape index (κ2) is 17.3. The van der Waals surface area contributed by atoms with Crippen molar-refractivity contribution in [3.63, 3.8) is 0 Å². The van der Waals surface area contributed by atoms with Crippen LogP contribution >= 0.6 is 0 Å². The zero-order valence-corrected chi connectivity index (χ0v) is 9.17. The van der Waals surface area contributed by atoms with Crippen LogP contribution in [0.5, 0.6) is 0 Å². The number of hydrogen-bond acceptors (Lipinski definition) is 3. The van der Waals surface area contributed by atoms with Crippen molar-refractivity contribution in [2.75, 3.05) is 0 Å². The van der Waals surface area contributed by atoms with Crippen LogP contribution in [0.25, 0.3) is 0 Å². The molecule has 0 atom stereocenters. The Morgan fingerprint density at radius 3 is 1.62 bits per heavy atom. The van der Waals surface area contributed by atoms with Gasteiger partial charge in [-0.05, 0) is 0 Å². The normalized spacial score (nSPS) is 11.3. The Kier molecular flexibility index (Phi) is 24.1. The summed E-state index contributed by atoms with van der Waals surface area (Å²) in [5, 5.41) is 0. The third-order valence-electron chi connectivity index (χ3n) is 1.06. The molecule has 0 fully saturated rings. The third-order valence-corrected chi connectivity index (χ3v) is 2.42. The zero-order chi connectivity index (χ0) is 11.3. The fraction of sp³-hybridized carbons (Fsp3) is 0.222. The van der Waals surface area contributed by atoms with E-state index in [2.05, 4.69) is 59.3 Å². The molecule has 0 bridgehead atoms. The average molecular weight is 358 g/mol. The maximum absolute atomic E-state index is 7.50. The van der Waals surface area contributed by atoms with Gasteiger partial charge in [0.1, 0.15) is 0 Å². The Morgan fingerprint density at radius 2 is 1.54 bits per heavy atom. The first kappa shape index (κ1) is 18.1. The first-order valence-corrected chi connectivity index (χ1v) is 4.04. The van der Waals surface area contributed by atoms with Gasteiger partial charge in [-0.3, -0.25) is 14.4 Å². The van der Waals surface area contributed by atoms with Crippen LogP contribution in [0.15, 0.2) is 21.7 Å². The van der Waals surface area contributed by atoms with Gasteiger partial charge in [-0.2, -0.15) is 0 Å². The summed E-state index contributed by atoms with van der Waals surface area (Å²) in [5.74, 6) is 0. The third kappa shape index (κ3) is 11.2. The van der Waals surface area contributed by atoms with E-state index in [4.69, 9.17) is 14.4 Å². The second-order valence-electron chi connectivity index (χ2n) is 1.66. The number of carbonyl (C=O) groups excluding carboxylic acids is 3. The molecule has 0 aromatic heterocycles. The maximum Gasteiger partial charge on any atom is 0.281 e. The van der Waals surface area contributed by atoms with Gasteiger partial charge in [0.05, 0.1) is 0 Å². The number of allylic oxidation sites excluding steroid dienone is 4. The molecule has 0 heterocycles. The first-order valence-electron chi connectivity index (χ1n) is 2.90. The van der Waals surface area contributed by atoms with E-state index in [9.17, 15) is 0 Å². The van der Waals surface area contributed by atoms with Gasteiger partial charge in [-0.25, -0.2) is 0 Å².